The highest BCUT2D eigenvalue weighted by Gasteiger charge is 2.13. The summed E-state index contributed by atoms with van der Waals surface area (Å²) in [4.78, 5) is 21.2. The van der Waals surface area contributed by atoms with E-state index in [0.29, 0.717) is 22.1 Å². The van der Waals surface area contributed by atoms with Gasteiger partial charge in [-0.05, 0) is 48.5 Å². The summed E-state index contributed by atoms with van der Waals surface area (Å²) in [5, 5.41) is 8.87. The Balaban J connectivity index is 1.22. The van der Waals surface area contributed by atoms with E-state index >= 15 is 0 Å². The van der Waals surface area contributed by atoms with E-state index in [4.69, 9.17) is 4.74 Å². The maximum Gasteiger partial charge on any atom is 0.234 e. The number of hydrogen-bond acceptors (Lipinski definition) is 6. The number of rotatable bonds is 7. The van der Waals surface area contributed by atoms with Crippen LogP contribution in [-0.2, 0) is 4.79 Å². The fourth-order valence-electron chi connectivity index (χ4n) is 3.26. The van der Waals surface area contributed by atoms with Gasteiger partial charge in [-0.1, -0.05) is 48.2 Å². The van der Waals surface area contributed by atoms with E-state index in [2.05, 4.69) is 20.4 Å². The quantitative estimate of drug-likeness (QED) is 0.265. The summed E-state index contributed by atoms with van der Waals surface area (Å²) in [6, 6.07) is 26.6. The first-order valence-electron chi connectivity index (χ1n) is 10.3. The van der Waals surface area contributed by atoms with E-state index in [1.54, 1.807) is 10.9 Å². The van der Waals surface area contributed by atoms with Gasteiger partial charge >= 0.3 is 0 Å². The zero-order valence-corrected chi connectivity index (χ0v) is 18.3. The maximum atomic E-state index is 12.5. The first-order valence-corrected chi connectivity index (χ1v) is 11.2. The fourth-order valence-corrected chi connectivity index (χ4v) is 4.02. The SMILES string of the molecule is O=C(CSc1ncnc2c1cnn2-c1ccccc1)Nc1ccc(Oc2ccccc2)cc1. The Morgan fingerprint density at radius 3 is 2.33 bits per heavy atom. The van der Waals surface area contributed by atoms with Gasteiger partial charge in [-0.2, -0.15) is 5.10 Å². The Kier molecular flexibility index (Phi) is 5.99. The molecule has 162 valence electrons. The van der Waals surface area contributed by atoms with Crippen LogP contribution >= 0.6 is 11.8 Å². The average Bonchev–Trinajstić information content (AvgIpc) is 3.30. The summed E-state index contributed by atoms with van der Waals surface area (Å²) >= 11 is 1.35. The smallest absolute Gasteiger partial charge is 0.234 e. The molecule has 0 aliphatic heterocycles. The largest absolute Gasteiger partial charge is 0.457 e. The number of thioether (sulfide) groups is 1. The number of nitrogens with one attached hydrogen (secondary N) is 1. The van der Waals surface area contributed by atoms with Gasteiger partial charge < -0.3 is 10.1 Å². The number of carbonyl (C=O) groups excluding carboxylic acids is 1. The van der Waals surface area contributed by atoms with Crippen molar-refractivity contribution in [3.8, 4) is 17.2 Å². The van der Waals surface area contributed by atoms with Crippen LogP contribution < -0.4 is 10.1 Å². The number of aromatic nitrogens is 4. The lowest BCUT2D eigenvalue weighted by Crippen LogP contribution is -2.14. The fraction of sp³-hybridized carbons (Fsp3) is 0.0400. The molecule has 0 saturated heterocycles. The molecule has 0 aliphatic rings. The van der Waals surface area contributed by atoms with Crippen LogP contribution in [0.4, 0.5) is 5.69 Å². The highest BCUT2D eigenvalue weighted by atomic mass is 32.2. The lowest BCUT2D eigenvalue weighted by molar-refractivity contribution is -0.113. The number of hydrogen-bond donors (Lipinski definition) is 1. The zero-order chi connectivity index (χ0) is 22.5. The highest BCUT2D eigenvalue weighted by molar-refractivity contribution is 8.00. The van der Waals surface area contributed by atoms with Gasteiger partial charge in [0.1, 0.15) is 22.9 Å². The predicted octanol–water partition coefficient (Wildman–Crippen LogP) is 5.34. The number of fused-ring (bicyclic) bond motifs is 1. The van der Waals surface area contributed by atoms with E-state index in [-0.39, 0.29) is 11.7 Å². The van der Waals surface area contributed by atoms with Crippen LogP contribution in [0.2, 0.25) is 0 Å². The average molecular weight is 454 g/mol. The molecule has 0 saturated carbocycles. The van der Waals surface area contributed by atoms with Crippen molar-refractivity contribution in [1.29, 1.82) is 0 Å². The predicted molar refractivity (Wildman–Crippen MR) is 129 cm³/mol. The molecule has 8 heteroatoms. The van der Waals surface area contributed by atoms with E-state index < -0.39 is 0 Å². The minimum Gasteiger partial charge on any atom is -0.457 e. The molecule has 0 aliphatic carbocycles. The molecule has 5 aromatic rings. The molecule has 0 unspecified atom stereocenters. The Morgan fingerprint density at radius 1 is 0.879 bits per heavy atom. The Bertz CT molecular complexity index is 1370. The number of nitrogens with zero attached hydrogens (tertiary/aromatic N) is 4. The molecular weight excluding hydrogens is 434 g/mol. The molecule has 33 heavy (non-hydrogen) atoms. The minimum atomic E-state index is -0.126. The van der Waals surface area contributed by atoms with Crippen molar-refractivity contribution in [1.82, 2.24) is 19.7 Å². The molecule has 0 spiro atoms. The highest BCUT2D eigenvalue weighted by Crippen LogP contribution is 2.26. The number of para-hydroxylation sites is 2. The van der Waals surface area contributed by atoms with Crippen LogP contribution in [0, 0.1) is 0 Å². The lowest BCUT2D eigenvalue weighted by atomic mass is 10.3. The van der Waals surface area contributed by atoms with Gasteiger partial charge in [0.2, 0.25) is 5.91 Å². The van der Waals surface area contributed by atoms with Gasteiger partial charge in [-0.25, -0.2) is 14.6 Å². The molecule has 2 heterocycles. The molecule has 1 amide bonds. The minimum absolute atomic E-state index is 0.126. The van der Waals surface area contributed by atoms with Gasteiger partial charge in [-0.3, -0.25) is 4.79 Å². The number of ether oxygens (including phenoxy) is 1. The third-order valence-electron chi connectivity index (χ3n) is 4.79. The second-order valence-corrected chi connectivity index (χ2v) is 8.05. The molecule has 0 bridgehead atoms. The first kappa shape index (κ1) is 20.7. The van der Waals surface area contributed by atoms with Crippen molar-refractivity contribution in [2.24, 2.45) is 0 Å². The zero-order valence-electron chi connectivity index (χ0n) is 17.5. The van der Waals surface area contributed by atoms with Gasteiger partial charge in [0, 0.05) is 5.69 Å². The topological polar surface area (TPSA) is 81.9 Å². The van der Waals surface area contributed by atoms with Gasteiger partial charge in [-0.15, -0.1) is 0 Å². The molecular formula is C25H19N5O2S. The van der Waals surface area contributed by atoms with Crippen LogP contribution in [0.1, 0.15) is 0 Å². The second-order valence-electron chi connectivity index (χ2n) is 7.08. The van der Waals surface area contributed by atoms with E-state index in [1.807, 2.05) is 84.9 Å². The van der Waals surface area contributed by atoms with Gasteiger partial charge in [0.15, 0.2) is 5.65 Å². The molecule has 7 nitrogen and oxygen atoms in total. The number of carbonyl (C=O) groups is 1. The molecule has 3 aromatic carbocycles. The summed E-state index contributed by atoms with van der Waals surface area (Å²) < 4.78 is 7.54. The van der Waals surface area contributed by atoms with Crippen LogP contribution in [0.25, 0.3) is 16.7 Å². The number of benzene rings is 3. The first-order chi connectivity index (χ1) is 16.3. The van der Waals surface area contributed by atoms with Gasteiger partial charge in [0.25, 0.3) is 0 Å². The van der Waals surface area contributed by atoms with Crippen molar-refractivity contribution in [2.75, 3.05) is 11.1 Å². The summed E-state index contributed by atoms with van der Waals surface area (Å²) in [6.07, 6.45) is 3.23. The molecule has 2 aromatic heterocycles. The third-order valence-corrected chi connectivity index (χ3v) is 5.79. The Morgan fingerprint density at radius 2 is 1.58 bits per heavy atom. The monoisotopic (exact) mass is 453 g/mol. The third kappa shape index (κ3) is 4.86. The van der Waals surface area contributed by atoms with Crippen LogP contribution in [0.15, 0.2) is 102 Å². The lowest BCUT2D eigenvalue weighted by Gasteiger charge is -2.08. The van der Waals surface area contributed by atoms with Crippen LogP contribution in [0.5, 0.6) is 11.5 Å². The van der Waals surface area contributed by atoms with Crippen molar-refractivity contribution >= 4 is 34.4 Å². The van der Waals surface area contributed by atoms with Crippen molar-refractivity contribution in [2.45, 2.75) is 5.03 Å². The molecule has 0 fully saturated rings. The number of anilines is 1. The van der Waals surface area contributed by atoms with Crippen LogP contribution in [-0.4, -0.2) is 31.4 Å². The maximum absolute atomic E-state index is 12.5. The summed E-state index contributed by atoms with van der Waals surface area (Å²) in [5.41, 5.74) is 2.32. The standard InChI is InChI=1S/C25H19N5O2S/c31-23(29-18-11-13-21(14-12-18)32-20-9-5-2-6-10-20)16-33-25-22-15-28-30(24(22)26-17-27-25)19-7-3-1-4-8-19/h1-15,17H,16H2,(H,29,31). The normalized spacial score (nSPS) is 10.8. The summed E-state index contributed by atoms with van der Waals surface area (Å²) in [6.45, 7) is 0. The second kappa shape index (κ2) is 9.54. The molecule has 1 N–H and O–H groups in total. The molecule has 5 rings (SSSR count). The Hall–Kier alpha value is -4.17. The summed E-state index contributed by atoms with van der Waals surface area (Å²) in [5.74, 6) is 1.55. The number of amides is 1. The van der Waals surface area contributed by atoms with E-state index in [1.165, 1.54) is 18.1 Å². The molecule has 0 radical (unpaired) electrons. The Labute approximate surface area is 194 Å². The van der Waals surface area contributed by atoms with E-state index in [9.17, 15) is 4.79 Å². The van der Waals surface area contributed by atoms with Gasteiger partial charge in [0.05, 0.1) is 23.0 Å². The van der Waals surface area contributed by atoms with Crippen molar-refractivity contribution in [3.05, 3.63) is 97.5 Å². The molecule has 0 atom stereocenters. The van der Waals surface area contributed by atoms with Crippen molar-refractivity contribution < 1.29 is 9.53 Å². The summed E-state index contributed by atoms with van der Waals surface area (Å²) in [7, 11) is 0. The van der Waals surface area contributed by atoms with Crippen LogP contribution in [0.3, 0.4) is 0 Å². The van der Waals surface area contributed by atoms with Crippen molar-refractivity contribution in [3.63, 3.8) is 0 Å². The van der Waals surface area contributed by atoms with E-state index in [0.717, 1.165) is 16.8 Å².